The predicted molar refractivity (Wildman–Crippen MR) is 87.4 cm³/mol. The monoisotopic (exact) mass is 342 g/mol. The summed E-state index contributed by atoms with van der Waals surface area (Å²) < 4.78 is 4.92. The van der Waals surface area contributed by atoms with Crippen molar-refractivity contribution in [3.8, 4) is 0 Å². The molecule has 128 valence electrons. The van der Waals surface area contributed by atoms with Crippen LogP contribution in [0.4, 0.5) is 0 Å². The lowest BCUT2D eigenvalue weighted by molar-refractivity contribution is -0.130. The van der Waals surface area contributed by atoms with Crippen LogP contribution in [0.5, 0.6) is 0 Å². The number of likely N-dealkylation sites (tertiary alicyclic amines) is 1. The Kier molecular flexibility index (Phi) is 6.38. The molecular formula is C16H23ClN2O4. The van der Waals surface area contributed by atoms with Gasteiger partial charge in [0.2, 0.25) is 5.91 Å². The van der Waals surface area contributed by atoms with Crippen molar-refractivity contribution < 1.29 is 19.7 Å². The Balaban J connectivity index is 1.88. The molecule has 1 amide bonds. The van der Waals surface area contributed by atoms with Gasteiger partial charge in [0.15, 0.2) is 0 Å². The van der Waals surface area contributed by atoms with E-state index in [0.29, 0.717) is 18.2 Å². The fourth-order valence-electron chi connectivity index (χ4n) is 2.61. The number of ether oxygens (including phenoxy) is 1. The molecule has 1 aliphatic heterocycles. The van der Waals surface area contributed by atoms with Gasteiger partial charge in [-0.1, -0.05) is 23.7 Å². The molecule has 1 aliphatic rings. The van der Waals surface area contributed by atoms with Crippen molar-refractivity contribution in [3.63, 3.8) is 0 Å². The van der Waals surface area contributed by atoms with Crippen LogP contribution >= 0.6 is 11.6 Å². The summed E-state index contributed by atoms with van der Waals surface area (Å²) in [7, 11) is 1.60. The number of nitrogens with zero attached hydrogens (tertiary/aromatic N) is 1. The lowest BCUT2D eigenvalue weighted by Crippen LogP contribution is -2.50. The molecule has 2 rings (SSSR count). The molecule has 2 atom stereocenters. The number of hydrogen-bond donors (Lipinski definition) is 3. The third-order valence-electron chi connectivity index (χ3n) is 4.01. The summed E-state index contributed by atoms with van der Waals surface area (Å²) in [6.07, 6.45) is -0.747. The van der Waals surface area contributed by atoms with E-state index >= 15 is 0 Å². The van der Waals surface area contributed by atoms with Crippen LogP contribution in [0.2, 0.25) is 5.02 Å². The molecule has 0 aliphatic carbocycles. The first-order valence-electron chi connectivity index (χ1n) is 7.57. The zero-order valence-corrected chi connectivity index (χ0v) is 13.9. The van der Waals surface area contributed by atoms with Crippen LogP contribution in [-0.4, -0.2) is 72.6 Å². The largest absolute Gasteiger partial charge is 0.388 e. The molecule has 1 saturated heterocycles. The van der Waals surface area contributed by atoms with Crippen LogP contribution in [0.3, 0.4) is 0 Å². The van der Waals surface area contributed by atoms with E-state index in [-0.39, 0.29) is 32.0 Å². The quantitative estimate of drug-likeness (QED) is 0.610. The van der Waals surface area contributed by atoms with Crippen molar-refractivity contribution >= 4 is 17.5 Å². The highest BCUT2D eigenvalue weighted by molar-refractivity contribution is 6.30. The molecule has 0 spiro atoms. The fraction of sp³-hybridized carbons (Fsp3) is 0.562. The van der Waals surface area contributed by atoms with Crippen LogP contribution in [-0.2, 0) is 16.0 Å². The number of halogens is 1. The summed E-state index contributed by atoms with van der Waals surface area (Å²) >= 11 is 5.83. The maximum absolute atomic E-state index is 12.3. The average molecular weight is 343 g/mol. The fourth-order valence-corrected chi connectivity index (χ4v) is 2.74. The highest BCUT2D eigenvalue weighted by Crippen LogP contribution is 2.22. The van der Waals surface area contributed by atoms with Crippen LogP contribution < -0.4 is 5.32 Å². The molecule has 0 aromatic heterocycles. The molecule has 0 saturated carbocycles. The Morgan fingerprint density at radius 3 is 2.83 bits per heavy atom. The van der Waals surface area contributed by atoms with E-state index in [4.69, 9.17) is 16.3 Å². The van der Waals surface area contributed by atoms with Gasteiger partial charge in [-0.15, -0.1) is 0 Å². The van der Waals surface area contributed by atoms with E-state index in [1.54, 1.807) is 31.4 Å². The number of rotatable bonds is 7. The average Bonchev–Trinajstić information content (AvgIpc) is 2.82. The van der Waals surface area contributed by atoms with Crippen molar-refractivity contribution in [1.82, 2.24) is 10.2 Å². The van der Waals surface area contributed by atoms with Crippen molar-refractivity contribution in [3.05, 3.63) is 34.9 Å². The standard InChI is InChI=1S/C16H23ClN2O4/c1-23-7-6-18-10-16(22)11-19(9-14(16)20)15(21)8-12-2-4-13(17)5-3-12/h2-5,14,18,20,22H,6-11H2,1H3/t14-,16+/m1/s1. The number of aliphatic hydroxyl groups excluding tert-OH is 1. The minimum atomic E-state index is -1.33. The summed E-state index contributed by atoms with van der Waals surface area (Å²) in [4.78, 5) is 13.8. The van der Waals surface area contributed by atoms with Gasteiger partial charge in [0.05, 0.1) is 19.6 Å². The minimum absolute atomic E-state index is 0.112. The Morgan fingerprint density at radius 1 is 1.48 bits per heavy atom. The second-order valence-electron chi connectivity index (χ2n) is 5.87. The zero-order chi connectivity index (χ0) is 16.9. The van der Waals surface area contributed by atoms with Gasteiger partial charge in [-0.3, -0.25) is 4.79 Å². The van der Waals surface area contributed by atoms with Crippen molar-refractivity contribution in [2.45, 2.75) is 18.1 Å². The molecule has 7 heteroatoms. The second-order valence-corrected chi connectivity index (χ2v) is 6.30. The van der Waals surface area contributed by atoms with E-state index < -0.39 is 11.7 Å². The number of amides is 1. The first-order chi connectivity index (χ1) is 10.9. The summed E-state index contributed by atoms with van der Waals surface area (Å²) in [5.41, 5.74) is -0.480. The van der Waals surface area contributed by atoms with Gasteiger partial charge in [0.25, 0.3) is 0 Å². The normalized spacial score (nSPS) is 24.2. The number of methoxy groups -OCH3 is 1. The Bertz CT molecular complexity index is 525. The predicted octanol–water partition coefficient (Wildman–Crippen LogP) is 0.0527. The van der Waals surface area contributed by atoms with Gasteiger partial charge < -0.3 is 25.2 Å². The van der Waals surface area contributed by atoms with Gasteiger partial charge in [-0.25, -0.2) is 0 Å². The Labute approximate surface area is 141 Å². The van der Waals surface area contributed by atoms with Crippen molar-refractivity contribution in [2.75, 3.05) is 39.9 Å². The van der Waals surface area contributed by atoms with Gasteiger partial charge in [-0.05, 0) is 17.7 Å². The molecule has 1 fully saturated rings. The minimum Gasteiger partial charge on any atom is -0.388 e. The lowest BCUT2D eigenvalue weighted by Gasteiger charge is -2.26. The zero-order valence-electron chi connectivity index (χ0n) is 13.2. The number of carbonyl (C=O) groups excluding carboxylic acids is 1. The van der Waals surface area contributed by atoms with Gasteiger partial charge in [-0.2, -0.15) is 0 Å². The summed E-state index contributed by atoms with van der Waals surface area (Å²) in [5, 5.41) is 24.3. The first-order valence-corrected chi connectivity index (χ1v) is 7.95. The molecule has 0 radical (unpaired) electrons. The Hall–Kier alpha value is -1.18. The highest BCUT2D eigenvalue weighted by Gasteiger charge is 2.45. The topological polar surface area (TPSA) is 82.0 Å². The first kappa shape index (κ1) is 18.2. The molecule has 1 aromatic carbocycles. The van der Waals surface area contributed by atoms with Gasteiger partial charge in [0, 0.05) is 31.8 Å². The second kappa shape index (κ2) is 8.08. The smallest absolute Gasteiger partial charge is 0.227 e. The maximum atomic E-state index is 12.3. The molecule has 23 heavy (non-hydrogen) atoms. The van der Waals surface area contributed by atoms with Gasteiger partial charge in [0.1, 0.15) is 11.7 Å². The third-order valence-corrected chi connectivity index (χ3v) is 4.27. The van der Waals surface area contributed by atoms with E-state index in [1.165, 1.54) is 4.90 Å². The molecule has 0 unspecified atom stereocenters. The summed E-state index contributed by atoms with van der Waals surface area (Å²) in [6, 6.07) is 7.06. The Morgan fingerprint density at radius 2 is 2.17 bits per heavy atom. The number of β-amino-alcohol motifs (C(OH)–C–C–N with tert-alkyl or cyclic N) is 2. The van der Waals surface area contributed by atoms with Crippen molar-refractivity contribution in [2.24, 2.45) is 0 Å². The number of benzene rings is 1. The molecule has 1 heterocycles. The maximum Gasteiger partial charge on any atom is 0.227 e. The number of nitrogens with one attached hydrogen (secondary N) is 1. The van der Waals surface area contributed by atoms with E-state index in [0.717, 1.165) is 5.56 Å². The molecule has 3 N–H and O–H groups in total. The van der Waals surface area contributed by atoms with Gasteiger partial charge >= 0.3 is 0 Å². The number of carbonyl (C=O) groups is 1. The number of hydrogen-bond acceptors (Lipinski definition) is 5. The van der Waals surface area contributed by atoms with Crippen LogP contribution in [0.1, 0.15) is 5.56 Å². The van der Waals surface area contributed by atoms with E-state index in [2.05, 4.69) is 5.32 Å². The molecule has 0 bridgehead atoms. The van der Waals surface area contributed by atoms with E-state index in [1.807, 2.05) is 0 Å². The van der Waals surface area contributed by atoms with E-state index in [9.17, 15) is 15.0 Å². The molecule has 6 nitrogen and oxygen atoms in total. The van der Waals surface area contributed by atoms with Crippen molar-refractivity contribution in [1.29, 1.82) is 0 Å². The molecular weight excluding hydrogens is 320 g/mol. The number of aliphatic hydroxyl groups is 2. The van der Waals surface area contributed by atoms with Crippen LogP contribution in [0, 0.1) is 0 Å². The molecule has 1 aromatic rings. The van der Waals surface area contributed by atoms with Crippen LogP contribution in [0.15, 0.2) is 24.3 Å². The summed E-state index contributed by atoms with van der Waals surface area (Å²) in [6.45, 7) is 1.55. The lowest BCUT2D eigenvalue weighted by atomic mass is 10.0. The van der Waals surface area contributed by atoms with Crippen LogP contribution in [0.25, 0.3) is 0 Å². The SMILES string of the molecule is COCCNC[C@]1(O)CN(C(=O)Cc2ccc(Cl)cc2)C[C@H]1O. The third kappa shape index (κ3) is 4.89. The summed E-state index contributed by atoms with van der Waals surface area (Å²) in [5.74, 6) is -0.126. The highest BCUT2D eigenvalue weighted by atomic mass is 35.5.